The lowest BCUT2D eigenvalue weighted by Gasteiger charge is -2.19. The Balaban J connectivity index is 2.00. The molecule has 7 heteroatoms. The summed E-state index contributed by atoms with van der Waals surface area (Å²) in [6, 6.07) is 0.980. The molecule has 2 heterocycles. The van der Waals surface area contributed by atoms with E-state index in [4.69, 9.17) is 10.8 Å². The van der Waals surface area contributed by atoms with Crippen molar-refractivity contribution in [2.45, 2.75) is 12.5 Å². The molecule has 0 spiro atoms. The van der Waals surface area contributed by atoms with Gasteiger partial charge >= 0.3 is 5.97 Å². The summed E-state index contributed by atoms with van der Waals surface area (Å²) in [7, 11) is 0. The Labute approximate surface area is 102 Å². The third-order valence-corrected chi connectivity index (χ3v) is 3.71. The highest BCUT2D eigenvalue weighted by Gasteiger charge is 2.33. The van der Waals surface area contributed by atoms with Gasteiger partial charge in [0, 0.05) is 19.3 Å². The largest absolute Gasteiger partial charge is 0.481 e. The highest BCUT2D eigenvalue weighted by atomic mass is 32.1. The Kier molecular flexibility index (Phi) is 3.39. The smallest absolute Gasteiger partial charge is 0.308 e. The van der Waals surface area contributed by atoms with Crippen molar-refractivity contribution in [3.8, 4) is 0 Å². The Morgan fingerprint density at radius 3 is 2.94 bits per heavy atom. The molecule has 1 aromatic rings. The summed E-state index contributed by atoms with van der Waals surface area (Å²) in [5.41, 5.74) is 5.82. The van der Waals surface area contributed by atoms with Crippen molar-refractivity contribution < 1.29 is 14.7 Å². The summed E-state index contributed by atoms with van der Waals surface area (Å²) in [6.07, 6.45) is 2.09. The van der Waals surface area contributed by atoms with Crippen LogP contribution in [0, 0.1) is 5.92 Å². The molecular formula is C10H13N3O3S. The van der Waals surface area contributed by atoms with Crippen LogP contribution in [0.5, 0.6) is 0 Å². The number of rotatable bonds is 3. The molecule has 0 aromatic carbocycles. The van der Waals surface area contributed by atoms with E-state index in [9.17, 15) is 9.59 Å². The van der Waals surface area contributed by atoms with Gasteiger partial charge in [-0.25, -0.2) is 4.37 Å². The van der Waals surface area contributed by atoms with E-state index in [1.807, 2.05) is 0 Å². The molecule has 0 bridgehead atoms. The van der Waals surface area contributed by atoms with Crippen molar-refractivity contribution in [1.29, 1.82) is 0 Å². The molecule has 6 nitrogen and oxygen atoms in total. The second-order valence-electron chi connectivity index (χ2n) is 4.00. The number of likely N-dealkylation sites (tertiary alicyclic amines) is 1. The Bertz CT molecular complexity index is 420. The minimum absolute atomic E-state index is 0.224. The Morgan fingerprint density at radius 1 is 1.65 bits per heavy atom. The quantitative estimate of drug-likeness (QED) is 0.797. The number of nitrogens with two attached hydrogens (primary N) is 1. The number of hydrogen-bond donors (Lipinski definition) is 2. The maximum Gasteiger partial charge on any atom is 0.308 e. The first kappa shape index (κ1) is 12.0. The van der Waals surface area contributed by atoms with Crippen LogP contribution in [0.25, 0.3) is 0 Å². The second kappa shape index (κ2) is 4.80. The molecule has 0 aliphatic carbocycles. The van der Waals surface area contributed by atoms with Crippen LogP contribution in [-0.2, 0) is 9.59 Å². The molecule has 1 fully saturated rings. The summed E-state index contributed by atoms with van der Waals surface area (Å²) in [5.74, 6) is -1.54. The lowest BCUT2D eigenvalue weighted by Crippen LogP contribution is -2.37. The number of nitrogens with zero attached hydrogens (tertiary/aromatic N) is 2. The fourth-order valence-electron chi connectivity index (χ4n) is 1.87. The number of aliphatic carboxylic acids is 1. The molecule has 17 heavy (non-hydrogen) atoms. The fraction of sp³-hybridized carbons (Fsp3) is 0.500. The van der Waals surface area contributed by atoms with Crippen molar-refractivity contribution in [1.82, 2.24) is 9.27 Å². The highest BCUT2D eigenvalue weighted by molar-refractivity contribution is 7.05. The van der Waals surface area contributed by atoms with Crippen LogP contribution in [0.15, 0.2) is 12.3 Å². The molecule has 2 rings (SSSR count). The summed E-state index contributed by atoms with van der Waals surface area (Å²) in [4.78, 5) is 25.0. The number of hydrogen-bond acceptors (Lipinski definition) is 5. The molecular weight excluding hydrogens is 242 g/mol. The van der Waals surface area contributed by atoms with Crippen LogP contribution in [0.2, 0.25) is 0 Å². The van der Waals surface area contributed by atoms with Crippen molar-refractivity contribution in [3.63, 3.8) is 0 Å². The predicted octanol–water partition coefficient (Wildman–Crippen LogP) is 0.0760. The van der Waals surface area contributed by atoms with Gasteiger partial charge in [0.15, 0.2) is 0 Å². The normalized spacial score (nSPS) is 21.5. The van der Waals surface area contributed by atoms with Gasteiger partial charge in [-0.15, -0.1) is 0 Å². The Morgan fingerprint density at radius 2 is 2.41 bits per heavy atom. The zero-order valence-corrected chi connectivity index (χ0v) is 9.89. The first-order chi connectivity index (χ1) is 8.09. The van der Waals surface area contributed by atoms with Gasteiger partial charge in [-0.3, -0.25) is 9.59 Å². The average molecular weight is 255 g/mol. The van der Waals surface area contributed by atoms with E-state index in [1.165, 1.54) is 16.4 Å². The molecule has 1 aliphatic rings. The number of aromatic nitrogens is 1. The summed E-state index contributed by atoms with van der Waals surface area (Å²) >= 11 is 1.19. The predicted molar refractivity (Wildman–Crippen MR) is 61.4 cm³/mol. The van der Waals surface area contributed by atoms with Gasteiger partial charge in [-0.1, -0.05) is 0 Å². The topological polar surface area (TPSA) is 96.5 Å². The lowest BCUT2D eigenvalue weighted by atomic mass is 10.1. The molecule has 1 saturated heterocycles. The maximum atomic E-state index is 12.0. The number of carboxylic acids is 1. The first-order valence-electron chi connectivity index (χ1n) is 5.27. The van der Waals surface area contributed by atoms with E-state index in [2.05, 4.69) is 4.37 Å². The third kappa shape index (κ3) is 2.45. The molecule has 1 amide bonds. The van der Waals surface area contributed by atoms with E-state index in [-0.39, 0.29) is 12.5 Å². The molecule has 2 unspecified atom stereocenters. The minimum Gasteiger partial charge on any atom is -0.481 e. The van der Waals surface area contributed by atoms with Crippen molar-refractivity contribution >= 4 is 23.4 Å². The number of amides is 1. The zero-order valence-electron chi connectivity index (χ0n) is 9.07. The van der Waals surface area contributed by atoms with Gasteiger partial charge in [0.05, 0.1) is 10.8 Å². The van der Waals surface area contributed by atoms with E-state index >= 15 is 0 Å². The summed E-state index contributed by atoms with van der Waals surface area (Å²) in [6.45, 7) is 0.711. The molecule has 0 radical (unpaired) electrons. The molecule has 1 aromatic heterocycles. The lowest BCUT2D eigenvalue weighted by molar-refractivity contribution is -0.141. The van der Waals surface area contributed by atoms with E-state index in [0.717, 1.165) is 0 Å². The fourth-order valence-corrected chi connectivity index (χ4v) is 2.45. The molecule has 3 N–H and O–H groups in total. The van der Waals surface area contributed by atoms with Crippen molar-refractivity contribution in [2.24, 2.45) is 11.7 Å². The van der Waals surface area contributed by atoms with Crippen LogP contribution < -0.4 is 5.73 Å². The van der Waals surface area contributed by atoms with Gasteiger partial charge in [-0.2, -0.15) is 0 Å². The second-order valence-corrected chi connectivity index (χ2v) is 4.87. The third-order valence-electron chi connectivity index (χ3n) is 2.88. The number of carboxylic acid groups (broad SMARTS) is 1. The minimum atomic E-state index is -0.855. The summed E-state index contributed by atoms with van der Waals surface area (Å²) in [5, 5.41) is 8.86. The van der Waals surface area contributed by atoms with Gasteiger partial charge in [-0.05, 0) is 24.0 Å². The van der Waals surface area contributed by atoms with Crippen LogP contribution >= 0.6 is 11.5 Å². The van der Waals surface area contributed by atoms with Crippen molar-refractivity contribution in [3.05, 3.63) is 17.1 Å². The van der Waals surface area contributed by atoms with E-state index in [0.29, 0.717) is 17.8 Å². The molecule has 0 saturated carbocycles. The molecule has 1 aliphatic heterocycles. The van der Waals surface area contributed by atoms with E-state index in [1.54, 1.807) is 12.3 Å². The van der Waals surface area contributed by atoms with Gasteiger partial charge in [0.25, 0.3) is 0 Å². The first-order valence-corrected chi connectivity index (χ1v) is 6.04. The van der Waals surface area contributed by atoms with Crippen LogP contribution in [0.1, 0.15) is 17.3 Å². The molecule has 92 valence electrons. The van der Waals surface area contributed by atoms with Gasteiger partial charge in [0.1, 0.15) is 6.04 Å². The molecule has 2 atom stereocenters. The Hall–Kier alpha value is -1.47. The maximum absolute atomic E-state index is 12.0. The van der Waals surface area contributed by atoms with Crippen molar-refractivity contribution in [2.75, 3.05) is 13.1 Å². The van der Waals surface area contributed by atoms with E-state index < -0.39 is 17.9 Å². The standard InChI is InChI=1S/C10H13N3O3S/c11-8(7-1-3-12-17-7)9(14)13-4-2-6(5-13)10(15)16/h1,3,6,8H,2,4-5,11H2,(H,15,16). The summed E-state index contributed by atoms with van der Waals surface area (Å²) < 4.78 is 3.89. The SMILES string of the molecule is NC(C(=O)N1CCC(C(=O)O)C1)c1ccns1. The van der Waals surface area contributed by atoms with Gasteiger partial charge < -0.3 is 15.7 Å². The van der Waals surface area contributed by atoms with Crippen LogP contribution in [-0.4, -0.2) is 39.3 Å². The average Bonchev–Trinajstić information content (AvgIpc) is 2.97. The highest BCUT2D eigenvalue weighted by Crippen LogP contribution is 2.22. The van der Waals surface area contributed by atoms with Gasteiger partial charge in [0.2, 0.25) is 5.91 Å². The number of carbonyl (C=O) groups is 2. The monoisotopic (exact) mass is 255 g/mol. The van der Waals surface area contributed by atoms with Crippen LogP contribution in [0.4, 0.5) is 0 Å². The zero-order chi connectivity index (χ0) is 12.4. The number of carbonyl (C=O) groups excluding carboxylic acids is 1. The van der Waals surface area contributed by atoms with Crippen LogP contribution in [0.3, 0.4) is 0 Å².